The molecule has 0 atom stereocenters. The molecule has 6 nitrogen and oxygen atoms in total. The van der Waals surface area contributed by atoms with Gasteiger partial charge in [0.1, 0.15) is 6.54 Å². The van der Waals surface area contributed by atoms with Gasteiger partial charge in [-0.05, 0) is 41.3 Å². The summed E-state index contributed by atoms with van der Waals surface area (Å²) in [5.74, 6) is -0.897. The van der Waals surface area contributed by atoms with Gasteiger partial charge in [-0.15, -0.1) is 0 Å². The Bertz CT molecular complexity index is 1300. The van der Waals surface area contributed by atoms with E-state index in [-0.39, 0.29) is 22.4 Å². The van der Waals surface area contributed by atoms with Gasteiger partial charge in [0.05, 0.1) is 17.6 Å². The number of halogens is 1. The Morgan fingerprint density at radius 2 is 1.56 bits per heavy atom. The molecule has 0 radical (unpaired) electrons. The van der Waals surface area contributed by atoms with Gasteiger partial charge in [-0.2, -0.15) is 0 Å². The number of nitrogens with zero attached hydrogens (tertiary/aromatic N) is 1. The number of anilines is 2. The van der Waals surface area contributed by atoms with Gasteiger partial charge in [-0.1, -0.05) is 74.8 Å². The molecule has 0 aliphatic heterocycles. The molecule has 0 heterocycles. The van der Waals surface area contributed by atoms with Gasteiger partial charge in [0, 0.05) is 16.1 Å². The minimum Gasteiger partial charge on any atom is -0.324 e. The minimum atomic E-state index is -3.75. The van der Waals surface area contributed by atoms with Crippen LogP contribution in [0.2, 0.25) is 5.02 Å². The summed E-state index contributed by atoms with van der Waals surface area (Å²) in [6.45, 7) is 5.73. The smallest absolute Gasteiger partial charge is 0.245 e. The monoisotopic (exact) mass is 498 g/mol. The Morgan fingerprint density at radius 1 is 0.941 bits per heavy atom. The van der Waals surface area contributed by atoms with Crippen LogP contribution >= 0.6 is 11.6 Å². The third-order valence-corrected chi connectivity index (χ3v) is 6.62. The van der Waals surface area contributed by atoms with E-state index in [0.29, 0.717) is 16.3 Å². The van der Waals surface area contributed by atoms with E-state index in [2.05, 4.69) is 26.1 Å². The van der Waals surface area contributed by atoms with Gasteiger partial charge in [0.15, 0.2) is 5.78 Å². The third-order valence-electron chi connectivity index (χ3n) is 5.25. The number of benzene rings is 3. The second kappa shape index (κ2) is 9.99. The van der Waals surface area contributed by atoms with Crippen LogP contribution in [0.4, 0.5) is 11.4 Å². The van der Waals surface area contributed by atoms with E-state index in [0.717, 1.165) is 16.1 Å². The van der Waals surface area contributed by atoms with Gasteiger partial charge in [0.2, 0.25) is 15.9 Å². The first-order valence-corrected chi connectivity index (χ1v) is 12.9. The predicted molar refractivity (Wildman–Crippen MR) is 137 cm³/mol. The first-order valence-electron chi connectivity index (χ1n) is 10.6. The first-order chi connectivity index (χ1) is 15.9. The molecule has 0 aliphatic rings. The molecule has 8 heteroatoms. The van der Waals surface area contributed by atoms with E-state index < -0.39 is 22.5 Å². The van der Waals surface area contributed by atoms with E-state index in [1.165, 1.54) is 12.1 Å². The van der Waals surface area contributed by atoms with Crippen molar-refractivity contribution in [2.75, 3.05) is 22.4 Å². The molecule has 178 valence electrons. The van der Waals surface area contributed by atoms with Crippen molar-refractivity contribution in [2.24, 2.45) is 0 Å². The number of carbonyl (C=O) groups is 2. The van der Waals surface area contributed by atoms with Crippen LogP contribution in [0.5, 0.6) is 0 Å². The van der Waals surface area contributed by atoms with E-state index in [4.69, 9.17) is 11.6 Å². The molecule has 1 amide bonds. The number of sulfonamides is 1. The fourth-order valence-corrected chi connectivity index (χ4v) is 4.43. The summed E-state index contributed by atoms with van der Waals surface area (Å²) in [6.07, 6.45) is 1.05. The normalized spacial score (nSPS) is 11.7. The first kappa shape index (κ1) is 25.5. The summed E-state index contributed by atoms with van der Waals surface area (Å²) in [7, 11) is -3.75. The molecule has 0 bridgehead atoms. The highest BCUT2D eigenvalue weighted by atomic mass is 35.5. The molecule has 0 saturated carbocycles. The van der Waals surface area contributed by atoms with Crippen molar-refractivity contribution >= 4 is 44.7 Å². The Balaban J connectivity index is 1.87. The molecule has 0 fully saturated rings. The van der Waals surface area contributed by atoms with Crippen molar-refractivity contribution in [1.82, 2.24) is 0 Å². The molecule has 0 aliphatic carbocycles. The average Bonchev–Trinajstić information content (AvgIpc) is 2.77. The van der Waals surface area contributed by atoms with E-state index >= 15 is 0 Å². The summed E-state index contributed by atoms with van der Waals surface area (Å²) in [4.78, 5) is 25.9. The number of hydrogen-bond acceptors (Lipinski definition) is 4. The number of nitrogens with one attached hydrogen (secondary N) is 1. The molecule has 0 aromatic heterocycles. The molecule has 3 rings (SSSR count). The SMILES string of the molecule is CC(C)(C)c1ccc(N(CC(=O)Nc2ccc(Cl)cc2C(=O)c2ccccc2)S(C)(=O)=O)cc1. The Kier molecular flexibility index (Phi) is 7.48. The molecule has 34 heavy (non-hydrogen) atoms. The van der Waals surface area contributed by atoms with Gasteiger partial charge in [-0.25, -0.2) is 8.42 Å². The maximum Gasteiger partial charge on any atom is 0.245 e. The number of carbonyl (C=O) groups excluding carboxylic acids is 2. The highest BCUT2D eigenvalue weighted by Crippen LogP contribution is 2.27. The highest BCUT2D eigenvalue weighted by Gasteiger charge is 2.23. The maximum absolute atomic E-state index is 13.0. The molecule has 0 spiro atoms. The lowest BCUT2D eigenvalue weighted by molar-refractivity contribution is -0.114. The summed E-state index contributed by atoms with van der Waals surface area (Å²) >= 11 is 6.10. The van der Waals surface area contributed by atoms with Gasteiger partial charge in [0.25, 0.3) is 0 Å². The second-order valence-corrected chi connectivity index (χ2v) is 11.3. The van der Waals surface area contributed by atoms with E-state index in [9.17, 15) is 18.0 Å². The summed E-state index contributed by atoms with van der Waals surface area (Å²) < 4.78 is 26.0. The third kappa shape index (κ3) is 6.24. The number of hydrogen-bond donors (Lipinski definition) is 1. The largest absolute Gasteiger partial charge is 0.324 e. The zero-order valence-electron chi connectivity index (χ0n) is 19.5. The molecule has 3 aromatic carbocycles. The van der Waals surface area contributed by atoms with E-state index in [1.807, 2.05) is 12.1 Å². The molecular weight excluding hydrogens is 472 g/mol. The lowest BCUT2D eigenvalue weighted by atomic mass is 9.87. The molecule has 0 saturated heterocycles. The summed E-state index contributed by atoms with van der Waals surface area (Å²) in [5, 5.41) is 3.01. The van der Waals surface area contributed by atoms with E-state index in [1.54, 1.807) is 48.5 Å². The lowest BCUT2D eigenvalue weighted by Gasteiger charge is -2.24. The minimum absolute atomic E-state index is 0.0951. The van der Waals surface area contributed by atoms with Crippen LogP contribution in [-0.2, 0) is 20.2 Å². The molecule has 1 N–H and O–H groups in total. The Morgan fingerprint density at radius 3 is 2.12 bits per heavy atom. The maximum atomic E-state index is 13.0. The number of ketones is 1. The van der Waals surface area contributed by atoms with Crippen LogP contribution < -0.4 is 9.62 Å². The van der Waals surface area contributed by atoms with Gasteiger partial charge in [-0.3, -0.25) is 13.9 Å². The average molecular weight is 499 g/mol. The standard InChI is InChI=1S/C26H27ClN2O4S/c1-26(2,3)19-10-13-21(14-11-19)29(34(4,32)33)17-24(30)28-23-15-12-20(27)16-22(23)25(31)18-8-6-5-7-9-18/h5-16H,17H2,1-4H3,(H,28,30). The fourth-order valence-electron chi connectivity index (χ4n) is 3.41. The fraction of sp³-hybridized carbons (Fsp3) is 0.231. The molecule has 0 unspecified atom stereocenters. The lowest BCUT2D eigenvalue weighted by Crippen LogP contribution is -2.37. The van der Waals surface area contributed by atoms with Crippen molar-refractivity contribution < 1.29 is 18.0 Å². The van der Waals surface area contributed by atoms with Crippen molar-refractivity contribution in [2.45, 2.75) is 26.2 Å². The number of rotatable bonds is 7. The van der Waals surface area contributed by atoms with Gasteiger partial charge >= 0.3 is 0 Å². The van der Waals surface area contributed by atoms with Crippen molar-refractivity contribution in [3.05, 3.63) is 94.5 Å². The predicted octanol–water partition coefficient (Wildman–Crippen LogP) is 5.27. The summed E-state index contributed by atoms with van der Waals surface area (Å²) in [5.41, 5.74) is 2.23. The van der Waals surface area contributed by atoms with Gasteiger partial charge < -0.3 is 5.32 Å². The zero-order valence-corrected chi connectivity index (χ0v) is 21.1. The van der Waals surface area contributed by atoms with Crippen LogP contribution in [0.15, 0.2) is 72.8 Å². The van der Waals surface area contributed by atoms with Crippen molar-refractivity contribution in [3.63, 3.8) is 0 Å². The molecule has 3 aromatic rings. The van der Waals surface area contributed by atoms with Crippen LogP contribution in [0.25, 0.3) is 0 Å². The van der Waals surface area contributed by atoms with Crippen molar-refractivity contribution in [1.29, 1.82) is 0 Å². The number of amides is 1. The highest BCUT2D eigenvalue weighted by molar-refractivity contribution is 7.92. The van der Waals surface area contributed by atoms with Crippen LogP contribution in [-0.4, -0.2) is 32.9 Å². The second-order valence-electron chi connectivity index (χ2n) is 9.00. The quantitative estimate of drug-likeness (QED) is 0.449. The Labute approximate surface area is 205 Å². The van der Waals surface area contributed by atoms with Crippen LogP contribution in [0.3, 0.4) is 0 Å². The topological polar surface area (TPSA) is 83.6 Å². The zero-order chi connectivity index (χ0) is 25.1. The van der Waals surface area contributed by atoms with Crippen LogP contribution in [0.1, 0.15) is 42.3 Å². The Hall–Kier alpha value is -3.16. The van der Waals surface area contributed by atoms with Crippen molar-refractivity contribution in [3.8, 4) is 0 Å². The summed E-state index contributed by atoms with van der Waals surface area (Å²) in [6, 6.07) is 20.2. The molecular formula is C26H27ClN2O4S. The van der Waals surface area contributed by atoms with Crippen LogP contribution in [0, 0.1) is 0 Å².